The molecule has 0 unspecified atom stereocenters. The van der Waals surface area contributed by atoms with Gasteiger partial charge in [0.25, 0.3) is 0 Å². The molecule has 0 atom stereocenters. The highest BCUT2D eigenvalue weighted by Crippen LogP contribution is 2.33. The number of benzene rings is 1. The molecular formula is C21H20BrN7O4S2. The molecule has 11 nitrogen and oxygen atoms in total. The molecule has 0 radical (unpaired) electrons. The lowest BCUT2D eigenvalue weighted by atomic mass is 10.2. The molecule has 2 aromatic heterocycles. The lowest BCUT2D eigenvalue weighted by molar-refractivity contribution is -0.113. The van der Waals surface area contributed by atoms with Crippen molar-refractivity contribution in [1.82, 2.24) is 15.2 Å². The molecule has 14 heteroatoms. The number of nitrogens with zero attached hydrogens (tertiary/aromatic N) is 4. The first-order valence-electron chi connectivity index (χ1n) is 10.0. The minimum absolute atomic E-state index is 0.00758. The molecule has 3 N–H and O–H groups in total. The Balaban J connectivity index is 1.56. The number of nitrogens with one attached hydrogen (secondary N) is 3. The van der Waals surface area contributed by atoms with Crippen LogP contribution < -0.4 is 15.5 Å². The van der Waals surface area contributed by atoms with E-state index in [2.05, 4.69) is 47.0 Å². The van der Waals surface area contributed by atoms with Crippen LogP contribution in [0.25, 0.3) is 0 Å². The largest absolute Gasteiger partial charge is 0.496 e. The highest BCUT2D eigenvalue weighted by molar-refractivity contribution is 9.10. The highest BCUT2D eigenvalue weighted by Gasteiger charge is 2.22. The summed E-state index contributed by atoms with van der Waals surface area (Å²) in [5.74, 6) is 0.0449. The van der Waals surface area contributed by atoms with E-state index < -0.39 is 5.97 Å². The molecule has 0 aliphatic heterocycles. The summed E-state index contributed by atoms with van der Waals surface area (Å²) in [6.45, 7) is 3.55. The Morgan fingerprint density at radius 3 is 2.94 bits per heavy atom. The van der Waals surface area contributed by atoms with Crippen molar-refractivity contribution in [3.05, 3.63) is 44.2 Å². The summed E-state index contributed by atoms with van der Waals surface area (Å²) in [4.78, 5) is 29.0. The summed E-state index contributed by atoms with van der Waals surface area (Å²) in [5.41, 5.74) is 4.20. The summed E-state index contributed by atoms with van der Waals surface area (Å²) in [5, 5.41) is 23.6. The lowest BCUT2D eigenvalue weighted by Crippen LogP contribution is -2.14. The number of hydrogen-bond donors (Lipinski definition) is 3. The molecule has 0 saturated carbocycles. The Morgan fingerprint density at radius 1 is 1.43 bits per heavy atom. The number of halogens is 1. The van der Waals surface area contributed by atoms with Gasteiger partial charge in [0, 0.05) is 10.0 Å². The zero-order valence-electron chi connectivity index (χ0n) is 18.8. The van der Waals surface area contributed by atoms with Crippen LogP contribution in [0.4, 0.5) is 10.9 Å². The number of carbonyl (C=O) groups excluding carboxylic acids is 2. The van der Waals surface area contributed by atoms with E-state index in [1.807, 2.05) is 24.3 Å². The van der Waals surface area contributed by atoms with Crippen LogP contribution in [0, 0.1) is 18.3 Å². The van der Waals surface area contributed by atoms with Gasteiger partial charge in [-0.1, -0.05) is 27.7 Å². The summed E-state index contributed by atoms with van der Waals surface area (Å²) < 4.78 is 11.2. The Morgan fingerprint density at radius 2 is 2.23 bits per heavy atom. The van der Waals surface area contributed by atoms with Gasteiger partial charge in [0.15, 0.2) is 0 Å². The molecule has 0 spiro atoms. The van der Waals surface area contributed by atoms with Crippen molar-refractivity contribution in [3.63, 3.8) is 0 Å². The van der Waals surface area contributed by atoms with E-state index in [0.717, 1.165) is 33.1 Å². The molecule has 0 aliphatic carbocycles. The monoisotopic (exact) mass is 577 g/mol. The number of carbonyl (C=O) groups is 2. The molecule has 1 aromatic carbocycles. The molecule has 3 rings (SSSR count). The van der Waals surface area contributed by atoms with Crippen molar-refractivity contribution in [2.75, 3.05) is 30.2 Å². The predicted molar refractivity (Wildman–Crippen MR) is 137 cm³/mol. The molecule has 35 heavy (non-hydrogen) atoms. The lowest BCUT2D eigenvalue weighted by Gasteiger charge is -2.04. The van der Waals surface area contributed by atoms with Crippen molar-refractivity contribution in [3.8, 4) is 11.8 Å². The van der Waals surface area contributed by atoms with Crippen LogP contribution in [0.1, 0.15) is 33.3 Å². The van der Waals surface area contributed by atoms with Gasteiger partial charge < -0.3 is 14.8 Å². The summed E-state index contributed by atoms with van der Waals surface area (Å²) >= 11 is 5.51. The maximum Gasteiger partial charge on any atom is 0.348 e. The third-order valence-electron chi connectivity index (χ3n) is 4.34. The normalized spacial score (nSPS) is 10.7. The number of thioether (sulfide) groups is 1. The van der Waals surface area contributed by atoms with Crippen LogP contribution in [0.3, 0.4) is 0 Å². The fraction of sp³-hybridized carbons (Fsp3) is 0.238. The fourth-order valence-electron chi connectivity index (χ4n) is 2.75. The number of methoxy groups -OCH3 is 1. The molecule has 182 valence electrons. The van der Waals surface area contributed by atoms with Crippen LogP contribution >= 0.6 is 39.0 Å². The second-order valence-corrected chi connectivity index (χ2v) is 9.53. The van der Waals surface area contributed by atoms with Crippen LogP contribution in [-0.2, 0) is 9.53 Å². The van der Waals surface area contributed by atoms with E-state index in [9.17, 15) is 14.9 Å². The summed E-state index contributed by atoms with van der Waals surface area (Å²) in [6, 6.07) is 7.55. The number of rotatable bonds is 10. The Kier molecular flexibility index (Phi) is 9.24. The smallest absolute Gasteiger partial charge is 0.348 e. The summed E-state index contributed by atoms with van der Waals surface area (Å²) in [6.07, 6.45) is 1.58. The molecule has 0 saturated heterocycles. The van der Waals surface area contributed by atoms with Crippen molar-refractivity contribution in [2.24, 2.45) is 5.10 Å². The van der Waals surface area contributed by atoms with Gasteiger partial charge in [0.05, 0.1) is 31.2 Å². The Hall–Kier alpha value is -3.41. The number of esters is 1. The number of hydrogen-bond acceptors (Lipinski definition) is 11. The maximum atomic E-state index is 12.4. The highest BCUT2D eigenvalue weighted by atomic mass is 79.9. The molecule has 0 aliphatic rings. The average Bonchev–Trinajstić information content (AvgIpc) is 3.41. The topological polar surface area (TPSA) is 154 Å². The van der Waals surface area contributed by atoms with Crippen LogP contribution in [0.5, 0.6) is 5.75 Å². The minimum atomic E-state index is -0.525. The van der Waals surface area contributed by atoms with Crippen LogP contribution in [0.15, 0.2) is 32.9 Å². The summed E-state index contributed by atoms with van der Waals surface area (Å²) in [7, 11) is 1.57. The van der Waals surface area contributed by atoms with E-state index in [4.69, 9.17) is 9.47 Å². The first-order chi connectivity index (χ1) is 16.9. The number of nitriles is 1. The van der Waals surface area contributed by atoms with Gasteiger partial charge in [-0.3, -0.25) is 4.79 Å². The van der Waals surface area contributed by atoms with Gasteiger partial charge >= 0.3 is 5.97 Å². The zero-order chi connectivity index (χ0) is 25.4. The number of anilines is 2. The van der Waals surface area contributed by atoms with Crippen LogP contribution in [0.2, 0.25) is 0 Å². The number of aromatic amines is 1. The second kappa shape index (κ2) is 12.3. The Labute approximate surface area is 217 Å². The van der Waals surface area contributed by atoms with Gasteiger partial charge in [0.2, 0.25) is 17.0 Å². The molecule has 0 fully saturated rings. The van der Waals surface area contributed by atoms with E-state index in [-0.39, 0.29) is 34.7 Å². The predicted octanol–water partition coefficient (Wildman–Crippen LogP) is 4.17. The van der Waals surface area contributed by atoms with Crippen LogP contribution in [-0.4, -0.2) is 52.7 Å². The molecule has 1 amide bonds. The van der Waals surface area contributed by atoms with Gasteiger partial charge in [-0.05, 0) is 37.6 Å². The number of aromatic nitrogens is 3. The van der Waals surface area contributed by atoms with Gasteiger partial charge in [-0.15, -0.1) is 16.4 Å². The number of thiophene rings is 1. The number of H-pyrrole nitrogens is 1. The van der Waals surface area contributed by atoms with Crippen molar-refractivity contribution < 1.29 is 19.1 Å². The minimum Gasteiger partial charge on any atom is -0.496 e. The average molecular weight is 578 g/mol. The van der Waals surface area contributed by atoms with E-state index in [1.165, 1.54) is 0 Å². The van der Waals surface area contributed by atoms with Gasteiger partial charge in [-0.2, -0.15) is 15.3 Å². The second-order valence-electron chi connectivity index (χ2n) is 6.65. The Bertz CT molecular complexity index is 1300. The maximum absolute atomic E-state index is 12.4. The molecule has 2 heterocycles. The first kappa shape index (κ1) is 26.2. The SMILES string of the molecule is CCOC(=O)c1sc(NC(=O)CSc2n[nH]c(N/N=C/c3cc(Br)ccc3OC)n2)c(C#N)c1C. The quantitative estimate of drug-likeness (QED) is 0.139. The molecule has 0 bridgehead atoms. The van der Waals surface area contributed by atoms with E-state index in [0.29, 0.717) is 21.5 Å². The molecule has 3 aromatic rings. The van der Waals surface area contributed by atoms with E-state index >= 15 is 0 Å². The van der Waals surface area contributed by atoms with Gasteiger partial charge in [-0.25, -0.2) is 15.3 Å². The fourth-order valence-corrected chi connectivity index (χ4v) is 4.79. The van der Waals surface area contributed by atoms with Crippen molar-refractivity contribution in [1.29, 1.82) is 5.26 Å². The third-order valence-corrected chi connectivity index (χ3v) is 6.86. The van der Waals surface area contributed by atoms with Crippen molar-refractivity contribution >= 4 is 68.1 Å². The standard InChI is InChI=1S/C21H20BrN7O4S2/c1-4-33-19(31)17-11(2)14(8-23)18(35-17)25-16(30)10-34-21-26-20(28-29-21)27-24-9-12-7-13(22)5-6-15(12)32-3/h5-7,9H,4,10H2,1-3H3,(H,25,30)(H2,26,27,28,29)/b24-9+. The third kappa shape index (κ3) is 6.81. The zero-order valence-corrected chi connectivity index (χ0v) is 22.1. The molecular weight excluding hydrogens is 558 g/mol. The number of amides is 1. The first-order valence-corrected chi connectivity index (χ1v) is 12.6. The van der Waals surface area contributed by atoms with E-state index in [1.54, 1.807) is 27.2 Å². The van der Waals surface area contributed by atoms with Crippen molar-refractivity contribution in [2.45, 2.75) is 19.0 Å². The van der Waals surface area contributed by atoms with Gasteiger partial charge in [0.1, 0.15) is 21.7 Å². The number of hydrazone groups is 1. The number of ether oxygens (including phenoxy) is 2.